The Bertz CT molecular complexity index is 1040. The SMILES string of the molecule is CC(C)(C)c1ccc(-c2cc(-c3ccc(Cl)cc3Cl)nc(N)c2C#N)cc1. The Morgan fingerprint density at radius 2 is 1.63 bits per heavy atom. The summed E-state index contributed by atoms with van der Waals surface area (Å²) in [6, 6.07) is 17.4. The van der Waals surface area contributed by atoms with Crippen molar-refractivity contribution < 1.29 is 0 Å². The van der Waals surface area contributed by atoms with Gasteiger partial charge in [0.2, 0.25) is 0 Å². The molecule has 0 fully saturated rings. The molecule has 1 aromatic heterocycles. The minimum absolute atomic E-state index is 0.0514. The van der Waals surface area contributed by atoms with Crippen LogP contribution in [0.5, 0.6) is 0 Å². The Hall–Kier alpha value is -2.54. The summed E-state index contributed by atoms with van der Waals surface area (Å²) in [5, 5.41) is 10.6. The van der Waals surface area contributed by atoms with Crippen LogP contribution in [-0.2, 0) is 5.41 Å². The zero-order valence-corrected chi connectivity index (χ0v) is 16.9. The molecule has 0 atom stereocenters. The van der Waals surface area contributed by atoms with Crippen LogP contribution >= 0.6 is 23.2 Å². The van der Waals surface area contributed by atoms with Gasteiger partial charge in [0, 0.05) is 16.1 Å². The van der Waals surface area contributed by atoms with Gasteiger partial charge in [-0.05, 0) is 40.8 Å². The van der Waals surface area contributed by atoms with Crippen LogP contribution in [0.4, 0.5) is 5.82 Å². The number of pyridine rings is 1. The first-order chi connectivity index (χ1) is 12.7. The summed E-state index contributed by atoms with van der Waals surface area (Å²) in [6.07, 6.45) is 0. The standard InChI is InChI=1S/C22H19Cl2N3/c1-22(2,3)14-6-4-13(5-7-14)17-11-20(27-21(26)18(17)12-25)16-9-8-15(23)10-19(16)24/h4-11H,1-3H3,(H2,26,27). The highest BCUT2D eigenvalue weighted by atomic mass is 35.5. The molecule has 0 saturated carbocycles. The molecule has 0 aliphatic carbocycles. The molecule has 0 saturated heterocycles. The van der Waals surface area contributed by atoms with E-state index in [2.05, 4.69) is 44.0 Å². The molecule has 0 aliphatic rings. The summed E-state index contributed by atoms with van der Waals surface area (Å²) < 4.78 is 0. The van der Waals surface area contributed by atoms with E-state index in [0.717, 1.165) is 11.1 Å². The zero-order chi connectivity index (χ0) is 19.8. The monoisotopic (exact) mass is 395 g/mol. The maximum Gasteiger partial charge on any atom is 0.142 e. The average Bonchev–Trinajstić information content (AvgIpc) is 2.60. The molecule has 27 heavy (non-hydrogen) atoms. The van der Waals surface area contributed by atoms with Gasteiger partial charge in [-0.25, -0.2) is 4.98 Å². The number of halogens is 2. The van der Waals surface area contributed by atoms with Crippen LogP contribution in [0.15, 0.2) is 48.5 Å². The zero-order valence-electron chi connectivity index (χ0n) is 15.3. The van der Waals surface area contributed by atoms with Crippen molar-refractivity contribution in [3.63, 3.8) is 0 Å². The van der Waals surface area contributed by atoms with E-state index in [4.69, 9.17) is 28.9 Å². The van der Waals surface area contributed by atoms with Crippen LogP contribution in [0.25, 0.3) is 22.4 Å². The van der Waals surface area contributed by atoms with Gasteiger partial charge in [-0.2, -0.15) is 5.26 Å². The number of anilines is 1. The van der Waals surface area contributed by atoms with Crippen molar-refractivity contribution in [2.45, 2.75) is 26.2 Å². The molecule has 5 heteroatoms. The molecule has 0 aliphatic heterocycles. The van der Waals surface area contributed by atoms with Gasteiger partial charge in [-0.3, -0.25) is 0 Å². The Kier molecular flexibility index (Phi) is 5.15. The summed E-state index contributed by atoms with van der Waals surface area (Å²) in [7, 11) is 0. The summed E-state index contributed by atoms with van der Waals surface area (Å²) in [4.78, 5) is 4.38. The fraction of sp³-hybridized carbons (Fsp3) is 0.182. The minimum atomic E-state index is 0.0514. The average molecular weight is 396 g/mol. The molecule has 0 amide bonds. The summed E-state index contributed by atoms with van der Waals surface area (Å²) in [5.74, 6) is 0.177. The largest absolute Gasteiger partial charge is 0.383 e. The lowest BCUT2D eigenvalue weighted by molar-refractivity contribution is 0.590. The molecular weight excluding hydrogens is 377 g/mol. The Morgan fingerprint density at radius 1 is 0.963 bits per heavy atom. The van der Waals surface area contributed by atoms with Gasteiger partial charge in [0.05, 0.1) is 10.7 Å². The maximum atomic E-state index is 9.58. The fourth-order valence-electron chi connectivity index (χ4n) is 2.89. The molecule has 0 radical (unpaired) electrons. The summed E-state index contributed by atoms with van der Waals surface area (Å²) in [5.41, 5.74) is 10.6. The number of nitrogen functional groups attached to an aromatic ring is 1. The van der Waals surface area contributed by atoms with E-state index in [1.807, 2.05) is 18.2 Å². The third-order valence-electron chi connectivity index (χ3n) is 4.43. The number of nitrogens with two attached hydrogens (primary N) is 1. The molecule has 2 N–H and O–H groups in total. The first kappa shape index (κ1) is 19.2. The number of rotatable bonds is 2. The van der Waals surface area contributed by atoms with Gasteiger partial charge >= 0.3 is 0 Å². The van der Waals surface area contributed by atoms with Gasteiger partial charge < -0.3 is 5.73 Å². The molecule has 136 valence electrons. The van der Waals surface area contributed by atoms with Crippen LogP contribution in [-0.4, -0.2) is 4.98 Å². The molecule has 3 nitrogen and oxygen atoms in total. The molecule has 0 unspecified atom stereocenters. The third kappa shape index (κ3) is 3.93. The lowest BCUT2D eigenvalue weighted by atomic mass is 9.86. The quantitative estimate of drug-likeness (QED) is 0.540. The molecule has 0 bridgehead atoms. The van der Waals surface area contributed by atoms with E-state index >= 15 is 0 Å². The number of nitrogens with zero attached hydrogens (tertiary/aromatic N) is 2. The number of hydrogen-bond acceptors (Lipinski definition) is 3. The number of aromatic nitrogens is 1. The molecule has 3 aromatic rings. The van der Waals surface area contributed by atoms with Crippen molar-refractivity contribution in [2.24, 2.45) is 0 Å². The van der Waals surface area contributed by atoms with Crippen molar-refractivity contribution in [1.29, 1.82) is 5.26 Å². The van der Waals surface area contributed by atoms with Crippen molar-refractivity contribution in [3.8, 4) is 28.5 Å². The summed E-state index contributed by atoms with van der Waals surface area (Å²) >= 11 is 12.3. The highest BCUT2D eigenvalue weighted by Gasteiger charge is 2.17. The van der Waals surface area contributed by atoms with Crippen LogP contribution < -0.4 is 5.73 Å². The topological polar surface area (TPSA) is 62.7 Å². The summed E-state index contributed by atoms with van der Waals surface area (Å²) in [6.45, 7) is 6.48. The third-order valence-corrected chi connectivity index (χ3v) is 4.98. The maximum absolute atomic E-state index is 9.58. The van der Waals surface area contributed by atoms with E-state index in [1.54, 1.807) is 18.2 Å². The normalized spacial score (nSPS) is 11.3. The van der Waals surface area contributed by atoms with E-state index in [9.17, 15) is 5.26 Å². The van der Waals surface area contributed by atoms with Gasteiger partial charge in [0.15, 0.2) is 0 Å². The van der Waals surface area contributed by atoms with Crippen molar-refractivity contribution in [1.82, 2.24) is 4.98 Å². The molecule has 1 heterocycles. The van der Waals surface area contributed by atoms with E-state index in [-0.39, 0.29) is 11.2 Å². The number of hydrogen-bond donors (Lipinski definition) is 1. The van der Waals surface area contributed by atoms with Gasteiger partial charge in [-0.15, -0.1) is 0 Å². The van der Waals surface area contributed by atoms with Crippen LogP contribution in [0.1, 0.15) is 31.9 Å². The minimum Gasteiger partial charge on any atom is -0.383 e. The Morgan fingerprint density at radius 3 is 2.19 bits per heavy atom. The second-order valence-electron chi connectivity index (χ2n) is 7.38. The van der Waals surface area contributed by atoms with E-state index in [1.165, 1.54) is 5.56 Å². The van der Waals surface area contributed by atoms with E-state index < -0.39 is 0 Å². The van der Waals surface area contributed by atoms with Gasteiger partial charge in [0.25, 0.3) is 0 Å². The van der Waals surface area contributed by atoms with E-state index in [0.29, 0.717) is 26.9 Å². The predicted octanol–water partition coefficient (Wildman–Crippen LogP) is 6.47. The first-order valence-corrected chi connectivity index (χ1v) is 9.23. The number of nitriles is 1. The van der Waals surface area contributed by atoms with Gasteiger partial charge in [-0.1, -0.05) is 68.2 Å². The van der Waals surface area contributed by atoms with Crippen molar-refractivity contribution >= 4 is 29.0 Å². The second-order valence-corrected chi connectivity index (χ2v) is 8.22. The van der Waals surface area contributed by atoms with Crippen LogP contribution in [0.2, 0.25) is 10.0 Å². The first-order valence-electron chi connectivity index (χ1n) is 8.47. The lowest BCUT2D eigenvalue weighted by Gasteiger charge is -2.19. The number of benzene rings is 2. The molecule has 0 spiro atoms. The van der Waals surface area contributed by atoms with Crippen LogP contribution in [0, 0.1) is 11.3 Å². The highest BCUT2D eigenvalue weighted by Crippen LogP contribution is 2.35. The Balaban J connectivity index is 2.17. The smallest absolute Gasteiger partial charge is 0.142 e. The van der Waals surface area contributed by atoms with Crippen molar-refractivity contribution in [3.05, 3.63) is 69.7 Å². The Labute approximate surface area is 169 Å². The van der Waals surface area contributed by atoms with Crippen molar-refractivity contribution in [2.75, 3.05) is 5.73 Å². The lowest BCUT2D eigenvalue weighted by Crippen LogP contribution is -2.10. The fourth-order valence-corrected chi connectivity index (χ4v) is 3.40. The molecular formula is C22H19Cl2N3. The molecule has 2 aromatic carbocycles. The van der Waals surface area contributed by atoms with Crippen LogP contribution in [0.3, 0.4) is 0 Å². The predicted molar refractivity (Wildman–Crippen MR) is 113 cm³/mol. The second kappa shape index (κ2) is 7.23. The molecule has 3 rings (SSSR count). The highest BCUT2D eigenvalue weighted by molar-refractivity contribution is 6.36. The van der Waals surface area contributed by atoms with Gasteiger partial charge in [0.1, 0.15) is 17.5 Å².